The molecule has 0 radical (unpaired) electrons. The average Bonchev–Trinajstić information content (AvgIpc) is 2.82. The Morgan fingerprint density at radius 2 is 2.05 bits per heavy atom. The monoisotopic (exact) mass is 323 g/mol. The number of unbranched alkanes of at least 4 members (excludes halogenated alkanes) is 2. The van der Waals surface area contributed by atoms with Crippen molar-refractivity contribution >= 4 is 23.6 Å². The fourth-order valence-corrected chi connectivity index (χ4v) is 3.39. The maximum Gasteiger partial charge on any atom is 0.161 e. The summed E-state index contributed by atoms with van der Waals surface area (Å²) in [6.07, 6.45) is 3.43. The smallest absolute Gasteiger partial charge is 0.161 e. The molecule has 2 aromatic rings. The Balaban J connectivity index is 2.24. The lowest BCUT2D eigenvalue weighted by molar-refractivity contribution is 0.286. The Morgan fingerprint density at radius 1 is 1.24 bits per heavy atom. The summed E-state index contributed by atoms with van der Waals surface area (Å²) in [5.74, 6) is 1.57. The van der Waals surface area contributed by atoms with Gasteiger partial charge in [-0.1, -0.05) is 19.8 Å². The van der Waals surface area contributed by atoms with Crippen molar-refractivity contribution in [2.75, 3.05) is 13.7 Å². The minimum Gasteiger partial charge on any atom is -0.493 e. The molecule has 1 heterocycles. The first-order valence-corrected chi connectivity index (χ1v) is 8.39. The van der Waals surface area contributed by atoms with Crippen molar-refractivity contribution in [2.45, 2.75) is 33.1 Å². The van der Waals surface area contributed by atoms with E-state index in [0.29, 0.717) is 0 Å². The van der Waals surface area contributed by atoms with Crippen LogP contribution in [-0.4, -0.2) is 18.7 Å². The van der Waals surface area contributed by atoms with Gasteiger partial charge >= 0.3 is 0 Å². The molecule has 0 aliphatic rings. The largest absolute Gasteiger partial charge is 0.493 e. The van der Waals surface area contributed by atoms with Crippen LogP contribution in [0.15, 0.2) is 18.2 Å². The number of aromatic amines is 1. The summed E-state index contributed by atoms with van der Waals surface area (Å²) < 4.78 is 12.1. The van der Waals surface area contributed by atoms with Gasteiger partial charge in [-0.15, -0.1) is 11.3 Å². The van der Waals surface area contributed by atoms with E-state index in [4.69, 9.17) is 21.7 Å². The number of rotatable bonds is 7. The molecule has 2 rings (SSSR count). The van der Waals surface area contributed by atoms with Crippen LogP contribution in [-0.2, 0) is 0 Å². The molecule has 5 heteroatoms. The lowest BCUT2D eigenvalue weighted by atomic mass is 10.1. The molecule has 0 fully saturated rings. The van der Waals surface area contributed by atoms with Crippen molar-refractivity contribution < 1.29 is 9.47 Å². The van der Waals surface area contributed by atoms with Crippen molar-refractivity contribution in [2.24, 2.45) is 0 Å². The number of H-pyrrole nitrogens is 1. The van der Waals surface area contributed by atoms with Gasteiger partial charge in [0.15, 0.2) is 15.5 Å². The summed E-state index contributed by atoms with van der Waals surface area (Å²) in [5, 5.41) is 0. The highest BCUT2D eigenvalue weighted by Crippen LogP contribution is 2.35. The lowest BCUT2D eigenvalue weighted by Gasteiger charge is -2.12. The van der Waals surface area contributed by atoms with Gasteiger partial charge in [0.2, 0.25) is 0 Å². The van der Waals surface area contributed by atoms with Gasteiger partial charge in [-0.3, -0.25) is 0 Å². The van der Waals surface area contributed by atoms with Crippen LogP contribution in [0.2, 0.25) is 0 Å². The molecule has 21 heavy (non-hydrogen) atoms. The first kappa shape index (κ1) is 16.0. The summed E-state index contributed by atoms with van der Waals surface area (Å²) in [5.41, 5.74) is 2.20. The van der Waals surface area contributed by atoms with E-state index in [2.05, 4.69) is 11.9 Å². The molecule has 0 amide bonds. The highest BCUT2D eigenvalue weighted by Gasteiger charge is 2.10. The molecule has 0 aliphatic carbocycles. The molecule has 114 valence electrons. The topological polar surface area (TPSA) is 34.2 Å². The summed E-state index contributed by atoms with van der Waals surface area (Å²) in [6, 6.07) is 6.03. The lowest BCUT2D eigenvalue weighted by Crippen LogP contribution is -1.99. The number of aromatic nitrogens is 1. The highest BCUT2D eigenvalue weighted by atomic mass is 32.1. The molecule has 1 aromatic heterocycles. The van der Waals surface area contributed by atoms with Crippen LogP contribution in [0.3, 0.4) is 0 Å². The summed E-state index contributed by atoms with van der Waals surface area (Å²) >= 11 is 6.79. The molecule has 0 bridgehead atoms. The van der Waals surface area contributed by atoms with Gasteiger partial charge in [0.1, 0.15) is 0 Å². The van der Waals surface area contributed by atoms with Gasteiger partial charge in [0, 0.05) is 5.69 Å². The minimum absolute atomic E-state index is 0.718. The Morgan fingerprint density at radius 3 is 2.67 bits per heavy atom. The zero-order valence-corrected chi connectivity index (χ0v) is 14.3. The number of thiazole rings is 1. The van der Waals surface area contributed by atoms with E-state index in [0.717, 1.165) is 44.6 Å². The van der Waals surface area contributed by atoms with E-state index >= 15 is 0 Å². The average molecular weight is 323 g/mol. The van der Waals surface area contributed by atoms with E-state index in [1.165, 1.54) is 12.8 Å². The van der Waals surface area contributed by atoms with Crippen LogP contribution in [0.1, 0.15) is 31.9 Å². The second-order valence-electron chi connectivity index (χ2n) is 4.89. The fourth-order valence-electron chi connectivity index (χ4n) is 2.14. The van der Waals surface area contributed by atoms with E-state index in [1.54, 1.807) is 18.4 Å². The number of hydrogen-bond acceptors (Lipinski definition) is 4. The molecule has 3 nitrogen and oxygen atoms in total. The van der Waals surface area contributed by atoms with Gasteiger partial charge < -0.3 is 14.5 Å². The summed E-state index contributed by atoms with van der Waals surface area (Å²) in [7, 11) is 1.67. The summed E-state index contributed by atoms with van der Waals surface area (Å²) in [6.45, 7) is 4.94. The SMILES string of the molecule is CCCCCOc1cc(-c2sc(=S)[nH]c2C)ccc1OC. The van der Waals surface area contributed by atoms with Gasteiger partial charge in [-0.25, -0.2) is 0 Å². The normalized spacial score (nSPS) is 10.6. The van der Waals surface area contributed by atoms with E-state index in [1.807, 2.05) is 25.1 Å². The number of nitrogens with one attached hydrogen (secondary N) is 1. The first-order chi connectivity index (χ1) is 10.2. The van der Waals surface area contributed by atoms with Gasteiger partial charge in [-0.2, -0.15) is 0 Å². The summed E-state index contributed by atoms with van der Waals surface area (Å²) in [4.78, 5) is 4.33. The van der Waals surface area contributed by atoms with Crippen molar-refractivity contribution in [1.29, 1.82) is 0 Å². The predicted molar refractivity (Wildman–Crippen MR) is 91.2 cm³/mol. The number of benzene rings is 1. The molecule has 0 unspecified atom stereocenters. The minimum atomic E-state index is 0.718. The fraction of sp³-hybridized carbons (Fsp3) is 0.438. The van der Waals surface area contributed by atoms with Crippen molar-refractivity contribution in [3.05, 3.63) is 27.8 Å². The third kappa shape index (κ3) is 4.08. The second kappa shape index (κ2) is 7.61. The molecule has 0 aliphatic heterocycles. The van der Waals surface area contributed by atoms with Crippen LogP contribution in [0, 0.1) is 10.9 Å². The van der Waals surface area contributed by atoms with Crippen LogP contribution in [0.5, 0.6) is 11.5 Å². The zero-order chi connectivity index (χ0) is 15.2. The third-order valence-corrected chi connectivity index (χ3v) is 4.64. The molecule has 1 N–H and O–H groups in total. The standard InChI is InChI=1S/C16H21NO2S2/c1-4-5-6-9-19-14-10-12(7-8-13(14)18-3)15-11(2)17-16(20)21-15/h7-8,10H,4-6,9H2,1-3H3,(H,17,20). The van der Waals surface area contributed by atoms with Crippen molar-refractivity contribution in [3.8, 4) is 21.9 Å². The van der Waals surface area contributed by atoms with Crippen molar-refractivity contribution in [3.63, 3.8) is 0 Å². The zero-order valence-electron chi connectivity index (χ0n) is 12.7. The van der Waals surface area contributed by atoms with Crippen molar-refractivity contribution in [1.82, 2.24) is 4.98 Å². The van der Waals surface area contributed by atoms with Crippen LogP contribution >= 0.6 is 23.6 Å². The van der Waals surface area contributed by atoms with E-state index in [9.17, 15) is 0 Å². The van der Waals surface area contributed by atoms with Crippen LogP contribution in [0.25, 0.3) is 10.4 Å². The predicted octanol–water partition coefficient (Wildman–Crippen LogP) is 5.36. The van der Waals surface area contributed by atoms with Crippen LogP contribution in [0.4, 0.5) is 0 Å². The maximum atomic E-state index is 5.88. The molecule has 0 saturated carbocycles. The Labute approximate surface area is 134 Å². The molecule has 0 saturated heterocycles. The number of hydrogen-bond donors (Lipinski definition) is 1. The highest BCUT2D eigenvalue weighted by molar-refractivity contribution is 7.73. The molecule has 1 aromatic carbocycles. The number of ether oxygens (including phenoxy) is 2. The number of methoxy groups -OCH3 is 1. The van der Waals surface area contributed by atoms with Gasteiger partial charge in [-0.05, 0) is 49.3 Å². The van der Waals surface area contributed by atoms with Crippen LogP contribution < -0.4 is 9.47 Å². The molecule has 0 spiro atoms. The Hall–Kier alpha value is -1.33. The third-order valence-electron chi connectivity index (χ3n) is 3.26. The molecular weight excluding hydrogens is 302 g/mol. The van der Waals surface area contributed by atoms with E-state index < -0.39 is 0 Å². The Bertz CT molecular complexity index is 646. The van der Waals surface area contributed by atoms with Gasteiger partial charge in [0.25, 0.3) is 0 Å². The molecule has 0 atom stereocenters. The van der Waals surface area contributed by atoms with Gasteiger partial charge in [0.05, 0.1) is 18.6 Å². The first-order valence-electron chi connectivity index (χ1n) is 7.16. The quantitative estimate of drug-likeness (QED) is 0.550. The molecular formula is C16H21NO2S2. The number of aryl methyl sites for hydroxylation is 1. The Kier molecular flexibility index (Phi) is 5.82. The van der Waals surface area contributed by atoms with E-state index in [-0.39, 0.29) is 0 Å². The second-order valence-corrected chi connectivity index (χ2v) is 6.58. The maximum absolute atomic E-state index is 5.88.